The van der Waals surface area contributed by atoms with Crippen molar-refractivity contribution in [2.45, 2.75) is 19.3 Å². The first kappa shape index (κ1) is 15.4. The molecule has 0 fully saturated rings. The van der Waals surface area contributed by atoms with E-state index in [9.17, 15) is 10.1 Å². The first-order chi connectivity index (χ1) is 10.1. The lowest BCUT2D eigenvalue weighted by atomic mass is 9.93. The minimum Gasteiger partial charge on any atom is -0.374 e. The Kier molecular flexibility index (Phi) is 5.25. The lowest BCUT2D eigenvalue weighted by Crippen LogP contribution is -2.46. The zero-order valence-electron chi connectivity index (χ0n) is 12.0. The monoisotopic (exact) mass is 289 g/mol. The lowest BCUT2D eigenvalue weighted by molar-refractivity contribution is -0.622. The maximum Gasteiger partial charge on any atom is 0.350 e. The molecule has 0 aliphatic heterocycles. The van der Waals surface area contributed by atoms with Gasteiger partial charge in [0.15, 0.2) is 0 Å². The highest BCUT2D eigenvalue weighted by Crippen LogP contribution is 2.28. The number of hydrogen-bond acceptors (Lipinski definition) is 4. The van der Waals surface area contributed by atoms with Gasteiger partial charge in [-0.3, -0.25) is 10.1 Å². The number of rotatable bonds is 7. The number of benzene rings is 1. The largest absolute Gasteiger partial charge is 0.374 e. The maximum absolute atomic E-state index is 11.3. The molecule has 0 saturated carbocycles. The number of nitro groups is 1. The van der Waals surface area contributed by atoms with E-state index < -0.39 is 5.72 Å². The number of nitrogens with zero attached hydrogens (tertiary/aromatic N) is 1. The molecule has 0 N–H and O–H groups in total. The molecule has 0 radical (unpaired) electrons. The first-order valence-corrected chi connectivity index (χ1v) is 6.91. The molecule has 1 aliphatic rings. The first-order valence-electron chi connectivity index (χ1n) is 6.91. The van der Waals surface area contributed by atoms with Crippen LogP contribution < -0.4 is 0 Å². The van der Waals surface area contributed by atoms with Crippen molar-refractivity contribution in [1.29, 1.82) is 0 Å². The molecule has 2 unspecified atom stereocenters. The molecule has 2 rings (SSSR count). The van der Waals surface area contributed by atoms with E-state index in [2.05, 4.69) is 0 Å². The molecule has 1 aromatic rings. The number of ether oxygens (including phenoxy) is 2. The SMILES string of the molecule is CC1C=CC=CC1(OCCOCc1ccccc1)[N+](=O)[O-]. The molecule has 112 valence electrons. The van der Waals surface area contributed by atoms with Crippen LogP contribution in [0.3, 0.4) is 0 Å². The summed E-state index contributed by atoms with van der Waals surface area (Å²) in [4.78, 5) is 10.9. The third-order valence-electron chi connectivity index (χ3n) is 3.46. The summed E-state index contributed by atoms with van der Waals surface area (Å²) in [6.07, 6.45) is 6.71. The molecule has 0 saturated heterocycles. The lowest BCUT2D eigenvalue weighted by Gasteiger charge is -2.27. The van der Waals surface area contributed by atoms with Crippen molar-refractivity contribution in [3.05, 3.63) is 70.3 Å². The van der Waals surface area contributed by atoms with Crippen LogP contribution in [-0.2, 0) is 16.1 Å². The van der Waals surface area contributed by atoms with Gasteiger partial charge in [-0.1, -0.05) is 48.6 Å². The molecule has 0 bridgehead atoms. The minimum absolute atomic E-state index is 0.177. The van der Waals surface area contributed by atoms with E-state index in [1.807, 2.05) is 30.3 Å². The van der Waals surface area contributed by atoms with E-state index in [4.69, 9.17) is 9.47 Å². The molecule has 0 spiro atoms. The van der Waals surface area contributed by atoms with Crippen LogP contribution in [0.4, 0.5) is 0 Å². The van der Waals surface area contributed by atoms with E-state index in [0.29, 0.717) is 13.2 Å². The molecule has 0 heterocycles. The molecule has 21 heavy (non-hydrogen) atoms. The summed E-state index contributed by atoms with van der Waals surface area (Å²) in [5.74, 6) is -0.313. The second kappa shape index (κ2) is 7.15. The van der Waals surface area contributed by atoms with Gasteiger partial charge in [0.2, 0.25) is 0 Å². The Labute approximate surface area is 124 Å². The zero-order valence-corrected chi connectivity index (χ0v) is 12.0. The van der Waals surface area contributed by atoms with Gasteiger partial charge in [-0.05, 0) is 12.5 Å². The fraction of sp³-hybridized carbons (Fsp3) is 0.375. The van der Waals surface area contributed by atoms with E-state index in [1.54, 1.807) is 25.2 Å². The highest BCUT2D eigenvalue weighted by Gasteiger charge is 2.47. The van der Waals surface area contributed by atoms with Gasteiger partial charge in [0.1, 0.15) is 0 Å². The smallest absolute Gasteiger partial charge is 0.350 e. The van der Waals surface area contributed by atoms with Crippen molar-refractivity contribution in [3.63, 3.8) is 0 Å². The van der Waals surface area contributed by atoms with Crippen LogP contribution in [0.25, 0.3) is 0 Å². The fourth-order valence-corrected chi connectivity index (χ4v) is 2.20. The van der Waals surface area contributed by atoms with Crippen LogP contribution in [0, 0.1) is 16.0 Å². The van der Waals surface area contributed by atoms with Gasteiger partial charge in [0.25, 0.3) is 0 Å². The van der Waals surface area contributed by atoms with E-state index in [0.717, 1.165) is 5.56 Å². The van der Waals surface area contributed by atoms with Crippen molar-refractivity contribution >= 4 is 0 Å². The number of allylic oxidation sites excluding steroid dienone is 2. The predicted molar refractivity (Wildman–Crippen MR) is 79.2 cm³/mol. The van der Waals surface area contributed by atoms with Crippen molar-refractivity contribution in [3.8, 4) is 0 Å². The molecular weight excluding hydrogens is 270 g/mol. The van der Waals surface area contributed by atoms with E-state index in [1.165, 1.54) is 6.08 Å². The summed E-state index contributed by atoms with van der Waals surface area (Å²) in [7, 11) is 0. The molecule has 1 aromatic carbocycles. The van der Waals surface area contributed by atoms with Crippen LogP contribution >= 0.6 is 0 Å². The molecule has 1 aliphatic carbocycles. The van der Waals surface area contributed by atoms with Crippen molar-refractivity contribution in [1.82, 2.24) is 0 Å². The summed E-state index contributed by atoms with van der Waals surface area (Å²) in [5.41, 5.74) is -0.416. The van der Waals surface area contributed by atoms with Gasteiger partial charge in [-0.15, -0.1) is 0 Å². The quantitative estimate of drug-likeness (QED) is 0.335. The summed E-state index contributed by atoms with van der Waals surface area (Å²) in [6, 6.07) is 9.76. The van der Waals surface area contributed by atoms with Crippen molar-refractivity contribution in [2.75, 3.05) is 13.2 Å². The Hall–Kier alpha value is -1.98. The summed E-state index contributed by atoms with van der Waals surface area (Å²) < 4.78 is 11.0. The van der Waals surface area contributed by atoms with Crippen LogP contribution in [-0.4, -0.2) is 23.9 Å². The highest BCUT2D eigenvalue weighted by molar-refractivity contribution is 5.18. The van der Waals surface area contributed by atoms with E-state index >= 15 is 0 Å². The van der Waals surface area contributed by atoms with Gasteiger partial charge in [-0.2, -0.15) is 0 Å². The standard InChI is InChI=1S/C16H19NO4/c1-14-7-5-6-10-16(14,17(18)19)21-12-11-20-13-15-8-3-2-4-9-15/h2-10,14H,11-13H2,1H3. The Morgan fingerprint density at radius 1 is 1.24 bits per heavy atom. The second-order valence-corrected chi connectivity index (χ2v) is 4.93. The fourth-order valence-electron chi connectivity index (χ4n) is 2.20. The maximum atomic E-state index is 11.3. The summed E-state index contributed by atoms with van der Waals surface area (Å²) in [6.45, 7) is 2.74. The van der Waals surface area contributed by atoms with Crippen LogP contribution in [0.1, 0.15) is 12.5 Å². The Morgan fingerprint density at radius 3 is 2.67 bits per heavy atom. The zero-order chi connectivity index (χ0) is 15.1. The third-order valence-corrected chi connectivity index (χ3v) is 3.46. The minimum atomic E-state index is -1.48. The van der Waals surface area contributed by atoms with Gasteiger partial charge < -0.3 is 9.47 Å². The van der Waals surface area contributed by atoms with Gasteiger partial charge in [-0.25, -0.2) is 0 Å². The van der Waals surface area contributed by atoms with Crippen LogP contribution in [0.2, 0.25) is 0 Å². The highest BCUT2D eigenvalue weighted by atomic mass is 16.7. The topological polar surface area (TPSA) is 61.6 Å². The molecule has 0 aromatic heterocycles. The van der Waals surface area contributed by atoms with Crippen molar-refractivity contribution in [2.24, 2.45) is 5.92 Å². The molecular formula is C16H19NO4. The average Bonchev–Trinajstić information content (AvgIpc) is 2.49. The summed E-state index contributed by atoms with van der Waals surface area (Å²) in [5, 5.41) is 11.3. The molecule has 5 heteroatoms. The van der Waals surface area contributed by atoms with Gasteiger partial charge in [0, 0.05) is 6.08 Å². The molecule has 0 amide bonds. The van der Waals surface area contributed by atoms with Crippen LogP contribution in [0.5, 0.6) is 0 Å². The van der Waals surface area contributed by atoms with Gasteiger partial charge in [0.05, 0.1) is 30.7 Å². The van der Waals surface area contributed by atoms with E-state index in [-0.39, 0.29) is 17.4 Å². The Balaban J connectivity index is 1.80. The third kappa shape index (κ3) is 3.77. The van der Waals surface area contributed by atoms with Crippen LogP contribution in [0.15, 0.2) is 54.6 Å². The second-order valence-electron chi connectivity index (χ2n) is 4.93. The van der Waals surface area contributed by atoms with Gasteiger partial charge >= 0.3 is 5.72 Å². The van der Waals surface area contributed by atoms with Crippen molar-refractivity contribution < 1.29 is 14.4 Å². The Bertz CT molecular complexity index is 526. The molecule has 2 atom stereocenters. The normalized spacial score (nSPS) is 24.1. The number of hydrogen-bond donors (Lipinski definition) is 0. The Morgan fingerprint density at radius 2 is 2.00 bits per heavy atom. The molecule has 5 nitrogen and oxygen atoms in total. The average molecular weight is 289 g/mol. The summed E-state index contributed by atoms with van der Waals surface area (Å²) >= 11 is 0. The predicted octanol–water partition coefficient (Wildman–Crippen LogP) is 2.95.